The normalized spacial score (nSPS) is 24.1. The third kappa shape index (κ3) is 2.99. The number of nitrogens with zero attached hydrogens (tertiary/aromatic N) is 1. The van der Waals surface area contributed by atoms with Gasteiger partial charge in [0.25, 0.3) is 0 Å². The van der Waals surface area contributed by atoms with E-state index in [1.54, 1.807) is 6.07 Å². The summed E-state index contributed by atoms with van der Waals surface area (Å²) in [5, 5.41) is 22.0. The molecule has 0 spiro atoms. The minimum atomic E-state index is -0.266. The summed E-state index contributed by atoms with van der Waals surface area (Å²) >= 11 is 3.36. The van der Waals surface area contributed by atoms with Crippen molar-refractivity contribution in [1.29, 1.82) is 5.26 Å². The second-order valence-corrected chi connectivity index (χ2v) is 5.26. The van der Waals surface area contributed by atoms with Crippen LogP contribution in [0.25, 0.3) is 0 Å². The van der Waals surface area contributed by atoms with E-state index in [0.29, 0.717) is 5.56 Å². The van der Waals surface area contributed by atoms with Crippen molar-refractivity contribution in [3.05, 3.63) is 28.2 Å². The molecule has 4 heteroatoms. The minimum Gasteiger partial charge on any atom is -0.391 e. The summed E-state index contributed by atoms with van der Waals surface area (Å²) in [6, 6.07) is 7.79. The lowest BCUT2D eigenvalue weighted by atomic mass is 9.92. The van der Waals surface area contributed by atoms with Gasteiger partial charge in [0.1, 0.15) is 6.07 Å². The van der Waals surface area contributed by atoms with Crippen LogP contribution in [0, 0.1) is 11.3 Å². The Bertz CT molecular complexity index is 442. The standard InChI is InChI=1S/C13H15BrN2O/c14-11-7-10(6-5-9(11)8-15)16-12-3-1-2-4-13(12)17/h5-7,12-13,16-17H,1-4H2. The molecule has 2 N–H and O–H groups in total. The summed E-state index contributed by atoms with van der Waals surface area (Å²) in [5.74, 6) is 0. The summed E-state index contributed by atoms with van der Waals surface area (Å²) in [4.78, 5) is 0. The number of nitrogens with one attached hydrogen (secondary N) is 1. The van der Waals surface area contributed by atoms with Crippen molar-refractivity contribution < 1.29 is 5.11 Å². The van der Waals surface area contributed by atoms with Crippen LogP contribution in [0.4, 0.5) is 5.69 Å². The van der Waals surface area contributed by atoms with Gasteiger partial charge in [0, 0.05) is 10.2 Å². The molecule has 0 aliphatic heterocycles. The Labute approximate surface area is 110 Å². The number of aliphatic hydroxyl groups excluding tert-OH is 1. The van der Waals surface area contributed by atoms with E-state index in [1.807, 2.05) is 12.1 Å². The number of benzene rings is 1. The molecule has 0 bridgehead atoms. The molecule has 1 fully saturated rings. The zero-order valence-electron chi connectivity index (χ0n) is 9.49. The number of aliphatic hydroxyl groups is 1. The van der Waals surface area contributed by atoms with Crippen LogP contribution in [0.5, 0.6) is 0 Å². The first kappa shape index (κ1) is 12.4. The molecule has 1 aliphatic rings. The van der Waals surface area contributed by atoms with Crippen LogP contribution in [-0.2, 0) is 0 Å². The smallest absolute Gasteiger partial charge is 0.100 e. The molecular formula is C13H15BrN2O. The second kappa shape index (κ2) is 5.52. The summed E-state index contributed by atoms with van der Waals surface area (Å²) in [6.07, 6.45) is 3.87. The quantitative estimate of drug-likeness (QED) is 0.881. The molecule has 1 aromatic rings. The van der Waals surface area contributed by atoms with Crippen LogP contribution in [0.1, 0.15) is 31.2 Å². The topological polar surface area (TPSA) is 56.0 Å². The first-order chi connectivity index (χ1) is 8.20. The lowest BCUT2D eigenvalue weighted by molar-refractivity contribution is 0.116. The molecule has 0 amide bonds. The average molecular weight is 295 g/mol. The maximum Gasteiger partial charge on any atom is 0.100 e. The third-order valence-corrected chi connectivity index (χ3v) is 3.83. The van der Waals surface area contributed by atoms with E-state index in [9.17, 15) is 5.11 Å². The van der Waals surface area contributed by atoms with E-state index in [4.69, 9.17) is 5.26 Å². The zero-order valence-corrected chi connectivity index (χ0v) is 11.1. The van der Waals surface area contributed by atoms with Gasteiger partial charge in [-0.05, 0) is 47.0 Å². The number of halogens is 1. The molecule has 1 aromatic carbocycles. The molecule has 0 radical (unpaired) electrons. The van der Waals surface area contributed by atoms with Crippen LogP contribution in [0.15, 0.2) is 22.7 Å². The molecule has 2 atom stereocenters. The van der Waals surface area contributed by atoms with Crippen molar-refractivity contribution in [2.75, 3.05) is 5.32 Å². The van der Waals surface area contributed by atoms with Crippen LogP contribution in [0.3, 0.4) is 0 Å². The van der Waals surface area contributed by atoms with Crippen LogP contribution >= 0.6 is 15.9 Å². The van der Waals surface area contributed by atoms with Crippen molar-refractivity contribution in [3.8, 4) is 6.07 Å². The molecule has 3 nitrogen and oxygen atoms in total. The van der Waals surface area contributed by atoms with Gasteiger partial charge in [-0.25, -0.2) is 0 Å². The van der Waals surface area contributed by atoms with Gasteiger partial charge < -0.3 is 10.4 Å². The molecule has 1 saturated carbocycles. The summed E-state index contributed by atoms with van der Waals surface area (Å²) in [6.45, 7) is 0. The third-order valence-electron chi connectivity index (χ3n) is 3.17. The van der Waals surface area contributed by atoms with Gasteiger partial charge in [0.2, 0.25) is 0 Å². The Hall–Kier alpha value is -1.05. The van der Waals surface area contributed by atoms with Gasteiger partial charge in [0.15, 0.2) is 0 Å². The van der Waals surface area contributed by atoms with Gasteiger partial charge in [-0.15, -0.1) is 0 Å². The summed E-state index contributed by atoms with van der Waals surface area (Å²) < 4.78 is 0.787. The van der Waals surface area contributed by atoms with Crippen molar-refractivity contribution in [2.45, 2.75) is 37.8 Å². The van der Waals surface area contributed by atoms with Gasteiger partial charge >= 0.3 is 0 Å². The fourth-order valence-corrected chi connectivity index (χ4v) is 2.66. The molecule has 1 aliphatic carbocycles. The van der Waals surface area contributed by atoms with Crippen LogP contribution < -0.4 is 5.32 Å². The van der Waals surface area contributed by atoms with E-state index in [2.05, 4.69) is 27.3 Å². The Morgan fingerprint density at radius 3 is 2.76 bits per heavy atom. The molecule has 0 aromatic heterocycles. The Kier molecular flexibility index (Phi) is 4.03. The first-order valence-electron chi connectivity index (χ1n) is 5.85. The molecule has 2 unspecified atom stereocenters. The number of nitriles is 1. The highest BCUT2D eigenvalue weighted by molar-refractivity contribution is 9.10. The Morgan fingerprint density at radius 2 is 2.12 bits per heavy atom. The molecule has 17 heavy (non-hydrogen) atoms. The van der Waals surface area contributed by atoms with E-state index < -0.39 is 0 Å². The highest BCUT2D eigenvalue weighted by Crippen LogP contribution is 2.25. The zero-order chi connectivity index (χ0) is 12.3. The van der Waals surface area contributed by atoms with E-state index in [-0.39, 0.29) is 12.1 Å². The highest BCUT2D eigenvalue weighted by atomic mass is 79.9. The maximum atomic E-state index is 9.87. The highest BCUT2D eigenvalue weighted by Gasteiger charge is 2.22. The predicted molar refractivity (Wildman–Crippen MR) is 70.7 cm³/mol. The lowest BCUT2D eigenvalue weighted by Crippen LogP contribution is -2.36. The lowest BCUT2D eigenvalue weighted by Gasteiger charge is -2.29. The fourth-order valence-electron chi connectivity index (χ4n) is 2.19. The van der Waals surface area contributed by atoms with Gasteiger partial charge in [-0.1, -0.05) is 12.8 Å². The molecule has 0 heterocycles. The van der Waals surface area contributed by atoms with Crippen molar-refractivity contribution in [2.24, 2.45) is 0 Å². The molecular weight excluding hydrogens is 280 g/mol. The second-order valence-electron chi connectivity index (χ2n) is 4.41. The van der Waals surface area contributed by atoms with Gasteiger partial charge in [0.05, 0.1) is 17.7 Å². The summed E-state index contributed by atoms with van der Waals surface area (Å²) in [5.41, 5.74) is 1.57. The SMILES string of the molecule is N#Cc1ccc(NC2CCCCC2O)cc1Br. The molecule has 0 saturated heterocycles. The number of hydrogen-bond donors (Lipinski definition) is 2. The van der Waals surface area contributed by atoms with E-state index in [0.717, 1.165) is 35.8 Å². The van der Waals surface area contributed by atoms with Gasteiger partial charge in [-0.3, -0.25) is 0 Å². The Morgan fingerprint density at radius 1 is 1.35 bits per heavy atom. The predicted octanol–water partition coefficient (Wildman–Crippen LogP) is 3.04. The van der Waals surface area contributed by atoms with Crippen LogP contribution in [0.2, 0.25) is 0 Å². The van der Waals surface area contributed by atoms with Crippen molar-refractivity contribution in [3.63, 3.8) is 0 Å². The van der Waals surface area contributed by atoms with Crippen molar-refractivity contribution >= 4 is 21.6 Å². The van der Waals surface area contributed by atoms with Crippen LogP contribution in [-0.4, -0.2) is 17.3 Å². The number of hydrogen-bond acceptors (Lipinski definition) is 3. The maximum absolute atomic E-state index is 9.87. The monoisotopic (exact) mass is 294 g/mol. The summed E-state index contributed by atoms with van der Waals surface area (Å²) in [7, 11) is 0. The van der Waals surface area contributed by atoms with E-state index >= 15 is 0 Å². The van der Waals surface area contributed by atoms with Crippen molar-refractivity contribution in [1.82, 2.24) is 0 Å². The van der Waals surface area contributed by atoms with E-state index in [1.165, 1.54) is 0 Å². The molecule has 2 rings (SSSR count). The first-order valence-corrected chi connectivity index (χ1v) is 6.64. The number of anilines is 1. The minimum absolute atomic E-state index is 0.128. The van der Waals surface area contributed by atoms with Gasteiger partial charge in [-0.2, -0.15) is 5.26 Å². The largest absolute Gasteiger partial charge is 0.391 e. The molecule has 90 valence electrons. The Balaban J connectivity index is 2.08. The fraction of sp³-hybridized carbons (Fsp3) is 0.462. The number of rotatable bonds is 2. The average Bonchev–Trinajstić information content (AvgIpc) is 2.32.